The molecule has 2 bridgehead atoms. The van der Waals surface area contributed by atoms with Gasteiger partial charge >= 0.3 is 0 Å². The Morgan fingerprint density at radius 1 is 0.690 bits per heavy atom. The number of nitrogens with zero attached hydrogens (tertiary/aromatic N) is 1. The Bertz CT molecular complexity index is 546. The van der Waals surface area contributed by atoms with E-state index in [0.29, 0.717) is 52.9 Å². The summed E-state index contributed by atoms with van der Waals surface area (Å²) in [6, 6.07) is 5.95. The van der Waals surface area contributed by atoms with Crippen molar-refractivity contribution in [3.8, 4) is 0 Å². The van der Waals surface area contributed by atoms with Crippen molar-refractivity contribution in [3.63, 3.8) is 0 Å². The maximum atomic E-state index is 6.05. The summed E-state index contributed by atoms with van der Waals surface area (Å²) in [7, 11) is 0. The third-order valence-electron chi connectivity index (χ3n) is 4.93. The Hall–Kier alpha value is -1.05. The van der Waals surface area contributed by atoms with Crippen LogP contribution in [0.25, 0.3) is 0 Å². The van der Waals surface area contributed by atoms with Crippen molar-refractivity contribution in [1.29, 1.82) is 0 Å². The second kappa shape index (κ2) is 11.4. The van der Waals surface area contributed by atoms with E-state index in [1.165, 1.54) is 0 Å². The zero-order chi connectivity index (χ0) is 21.3. The van der Waals surface area contributed by atoms with E-state index in [4.69, 9.17) is 23.7 Å². The Kier molecular flexibility index (Phi) is 9.50. The summed E-state index contributed by atoms with van der Waals surface area (Å²) in [6.07, 6.45) is -0.0314. The van der Waals surface area contributed by atoms with Gasteiger partial charge in [-0.2, -0.15) is 0 Å². The van der Waals surface area contributed by atoms with Crippen molar-refractivity contribution in [2.75, 3.05) is 39.6 Å². The van der Waals surface area contributed by atoms with E-state index in [9.17, 15) is 0 Å². The quantitative estimate of drug-likeness (QED) is 0.645. The van der Waals surface area contributed by atoms with Gasteiger partial charge in [-0.05, 0) is 23.0 Å². The molecule has 0 radical (unpaired) electrons. The molecule has 1 aromatic heterocycles. The lowest BCUT2D eigenvalue weighted by Crippen LogP contribution is -2.35. The summed E-state index contributed by atoms with van der Waals surface area (Å²) < 4.78 is 29.7. The van der Waals surface area contributed by atoms with Crippen LogP contribution in [0.4, 0.5) is 0 Å². The lowest BCUT2D eigenvalue weighted by atomic mass is 9.89. The van der Waals surface area contributed by atoms with Gasteiger partial charge in [-0.3, -0.25) is 4.98 Å². The number of hydrogen-bond acceptors (Lipinski definition) is 6. The number of hydrogen-bond donors (Lipinski definition) is 0. The minimum atomic E-state index is -0.0208. The molecule has 0 aliphatic carbocycles. The zero-order valence-corrected chi connectivity index (χ0v) is 19.0. The fourth-order valence-electron chi connectivity index (χ4n) is 2.93. The van der Waals surface area contributed by atoms with Crippen LogP contribution < -0.4 is 0 Å². The van der Waals surface area contributed by atoms with Crippen LogP contribution in [0, 0.1) is 10.8 Å². The smallest absolute Gasteiger partial charge is 0.0889 e. The third kappa shape index (κ3) is 9.09. The topological polar surface area (TPSA) is 59.0 Å². The second-order valence-electron chi connectivity index (χ2n) is 9.71. The molecule has 0 saturated heterocycles. The van der Waals surface area contributed by atoms with Gasteiger partial charge < -0.3 is 23.7 Å². The molecule has 0 spiro atoms. The lowest BCUT2D eigenvalue weighted by Gasteiger charge is -2.31. The van der Waals surface area contributed by atoms with Crippen LogP contribution in [0.3, 0.4) is 0 Å². The van der Waals surface area contributed by atoms with Gasteiger partial charge in [0.15, 0.2) is 0 Å². The zero-order valence-electron chi connectivity index (χ0n) is 19.0. The molecule has 1 aromatic rings. The van der Waals surface area contributed by atoms with E-state index in [1.807, 2.05) is 18.2 Å². The minimum Gasteiger partial charge on any atom is -0.377 e. The summed E-state index contributed by atoms with van der Waals surface area (Å²) in [5, 5.41) is 0. The average molecular weight is 410 g/mol. The normalized spacial score (nSPS) is 24.5. The van der Waals surface area contributed by atoms with E-state index in [1.54, 1.807) is 0 Å². The number of rotatable bonds is 0. The van der Waals surface area contributed by atoms with Crippen molar-refractivity contribution in [3.05, 3.63) is 29.6 Å². The molecule has 1 aliphatic rings. The van der Waals surface area contributed by atoms with E-state index >= 15 is 0 Å². The highest BCUT2D eigenvalue weighted by Gasteiger charge is 2.27. The number of ether oxygens (including phenoxy) is 5. The van der Waals surface area contributed by atoms with E-state index in [-0.39, 0.29) is 23.0 Å². The largest absolute Gasteiger partial charge is 0.377 e. The van der Waals surface area contributed by atoms with Crippen molar-refractivity contribution in [2.24, 2.45) is 10.8 Å². The number of aromatic nitrogens is 1. The van der Waals surface area contributed by atoms with Gasteiger partial charge in [0, 0.05) is 0 Å². The molecule has 2 atom stereocenters. The van der Waals surface area contributed by atoms with Gasteiger partial charge in [0.05, 0.1) is 76.5 Å². The molecule has 0 aromatic carbocycles. The highest BCUT2D eigenvalue weighted by molar-refractivity contribution is 5.10. The van der Waals surface area contributed by atoms with Gasteiger partial charge in [-0.1, -0.05) is 47.6 Å². The summed E-state index contributed by atoms with van der Waals surface area (Å²) in [4.78, 5) is 4.66. The first-order valence-electron chi connectivity index (χ1n) is 10.6. The van der Waals surface area contributed by atoms with Crippen molar-refractivity contribution < 1.29 is 23.7 Å². The van der Waals surface area contributed by atoms with Crippen LogP contribution in [-0.4, -0.2) is 56.8 Å². The van der Waals surface area contributed by atoms with Gasteiger partial charge in [-0.25, -0.2) is 0 Å². The molecule has 29 heavy (non-hydrogen) atoms. The van der Waals surface area contributed by atoms with Gasteiger partial charge in [0.25, 0.3) is 0 Å². The molecule has 6 nitrogen and oxygen atoms in total. The van der Waals surface area contributed by atoms with Crippen LogP contribution in [0.1, 0.15) is 52.9 Å². The average Bonchev–Trinajstić information content (AvgIpc) is 2.62. The van der Waals surface area contributed by atoms with E-state index in [2.05, 4.69) is 46.5 Å². The molecule has 0 saturated carbocycles. The summed E-state index contributed by atoms with van der Waals surface area (Å²) in [5.41, 5.74) is 1.75. The SMILES string of the molecule is CC(C)(C)[C@H]1COCc2cccc(n2)COC[C@H](C(C)(C)C)OCCOCCO1. The summed E-state index contributed by atoms with van der Waals surface area (Å²) in [5.74, 6) is 0. The molecule has 0 fully saturated rings. The monoisotopic (exact) mass is 409 g/mol. The fourth-order valence-corrected chi connectivity index (χ4v) is 2.93. The van der Waals surface area contributed by atoms with Crippen molar-refractivity contribution in [2.45, 2.75) is 67.0 Å². The van der Waals surface area contributed by atoms with E-state index in [0.717, 1.165) is 11.4 Å². The molecule has 1 aliphatic heterocycles. The van der Waals surface area contributed by atoms with Gasteiger partial charge in [-0.15, -0.1) is 0 Å². The molecular formula is C23H39NO5. The standard InChI is InChI=1S/C23H39NO5/c1-22(2,3)20-16-26-14-18-8-7-9-19(24-18)15-27-17-21(23(4,5)6)29-13-11-25-10-12-28-20/h7-9,20-21H,10-17H2,1-6H3/t20-,21-/m1/s1. The molecule has 166 valence electrons. The van der Waals surface area contributed by atoms with E-state index < -0.39 is 0 Å². The molecule has 2 heterocycles. The number of fused-ring (bicyclic) bond motifs is 2. The predicted octanol–water partition coefficient (Wildman–Crippen LogP) is 4.01. The van der Waals surface area contributed by atoms with Crippen molar-refractivity contribution >= 4 is 0 Å². The first kappa shape index (κ1) is 24.2. The lowest BCUT2D eigenvalue weighted by molar-refractivity contribution is -0.103. The third-order valence-corrected chi connectivity index (χ3v) is 4.93. The molecule has 6 heteroatoms. The summed E-state index contributed by atoms with van der Waals surface area (Å²) in [6.45, 7) is 17.0. The van der Waals surface area contributed by atoms with Crippen LogP contribution >= 0.6 is 0 Å². The Labute approximate surface area is 176 Å². The molecule has 0 unspecified atom stereocenters. The Morgan fingerprint density at radius 3 is 1.55 bits per heavy atom. The van der Waals surface area contributed by atoms with Crippen molar-refractivity contribution in [1.82, 2.24) is 4.98 Å². The van der Waals surface area contributed by atoms with Gasteiger partial charge in [0.2, 0.25) is 0 Å². The van der Waals surface area contributed by atoms with Gasteiger partial charge in [0.1, 0.15) is 0 Å². The maximum absolute atomic E-state index is 6.05. The van der Waals surface area contributed by atoms with Crippen LogP contribution in [0.15, 0.2) is 18.2 Å². The Balaban J connectivity index is 2.04. The van der Waals surface area contributed by atoms with Crippen LogP contribution in [-0.2, 0) is 36.9 Å². The van der Waals surface area contributed by atoms with Crippen LogP contribution in [0.2, 0.25) is 0 Å². The first-order valence-corrected chi connectivity index (χ1v) is 10.6. The number of pyridine rings is 1. The van der Waals surface area contributed by atoms with Crippen LogP contribution in [0.5, 0.6) is 0 Å². The highest BCUT2D eigenvalue weighted by atomic mass is 16.6. The predicted molar refractivity (Wildman–Crippen MR) is 113 cm³/mol. The molecular weight excluding hydrogens is 370 g/mol. The molecule has 2 rings (SSSR count). The molecule has 0 amide bonds. The summed E-state index contributed by atoms with van der Waals surface area (Å²) >= 11 is 0. The highest BCUT2D eigenvalue weighted by Crippen LogP contribution is 2.24. The minimum absolute atomic E-state index is 0.0157. The first-order chi connectivity index (χ1) is 13.7. The maximum Gasteiger partial charge on any atom is 0.0889 e. The fraction of sp³-hybridized carbons (Fsp3) is 0.783. The Morgan fingerprint density at radius 2 is 1.14 bits per heavy atom. The molecule has 0 N–H and O–H groups in total. The second-order valence-corrected chi connectivity index (χ2v) is 9.71.